The van der Waals surface area contributed by atoms with Gasteiger partial charge in [-0.05, 0) is 45.3 Å². The van der Waals surface area contributed by atoms with E-state index in [-0.39, 0.29) is 17.9 Å². The molecule has 3 heterocycles. The predicted octanol–water partition coefficient (Wildman–Crippen LogP) is 2.11. The Morgan fingerprint density at radius 3 is 2.42 bits per heavy atom. The maximum Gasteiger partial charge on any atom is 0.227 e. The summed E-state index contributed by atoms with van der Waals surface area (Å²) in [6, 6.07) is 4.02. The monoisotopic (exact) mass is 527 g/mol. The summed E-state index contributed by atoms with van der Waals surface area (Å²) in [6.07, 6.45) is 4.06. The van der Waals surface area contributed by atoms with Gasteiger partial charge in [-0.2, -0.15) is 4.98 Å². The number of likely N-dealkylation sites (tertiary alicyclic amines) is 1. The number of rotatable bonds is 9. The number of amides is 2. The molecule has 4 rings (SSSR count). The molecule has 0 radical (unpaired) electrons. The van der Waals surface area contributed by atoms with E-state index in [4.69, 9.17) is 19.4 Å². The van der Waals surface area contributed by atoms with Crippen LogP contribution in [0.3, 0.4) is 0 Å². The average Bonchev–Trinajstić information content (AvgIpc) is 3.16. The average molecular weight is 528 g/mol. The van der Waals surface area contributed by atoms with Crippen LogP contribution in [0.4, 0.5) is 11.8 Å². The summed E-state index contributed by atoms with van der Waals surface area (Å²) < 4.78 is 11.1. The molecule has 2 amide bonds. The predicted molar refractivity (Wildman–Crippen MR) is 148 cm³/mol. The molecule has 1 aromatic carbocycles. The molecule has 0 bridgehead atoms. The van der Waals surface area contributed by atoms with E-state index in [1.807, 2.05) is 17.0 Å². The Kier molecular flexibility index (Phi) is 9.43. The number of benzene rings is 1. The molecule has 0 spiro atoms. The van der Waals surface area contributed by atoms with Crippen molar-refractivity contribution < 1.29 is 19.1 Å². The van der Waals surface area contributed by atoms with E-state index < -0.39 is 0 Å². The van der Waals surface area contributed by atoms with Crippen molar-refractivity contribution in [2.45, 2.75) is 44.6 Å². The second-order valence-electron chi connectivity index (χ2n) is 10.1. The first-order valence-corrected chi connectivity index (χ1v) is 13.5. The number of anilines is 2. The van der Waals surface area contributed by atoms with Crippen molar-refractivity contribution >= 4 is 34.5 Å². The molecule has 2 saturated heterocycles. The van der Waals surface area contributed by atoms with Crippen LogP contribution in [0.25, 0.3) is 10.9 Å². The van der Waals surface area contributed by atoms with Crippen molar-refractivity contribution in [1.82, 2.24) is 25.1 Å². The van der Waals surface area contributed by atoms with Crippen LogP contribution in [0, 0.1) is 0 Å². The van der Waals surface area contributed by atoms with Crippen LogP contribution in [0.1, 0.15) is 38.5 Å². The van der Waals surface area contributed by atoms with E-state index in [2.05, 4.69) is 27.5 Å². The molecule has 11 nitrogen and oxygen atoms in total. The van der Waals surface area contributed by atoms with Crippen molar-refractivity contribution in [1.29, 1.82) is 0 Å². The number of aromatic nitrogens is 2. The van der Waals surface area contributed by atoms with Crippen molar-refractivity contribution in [3.8, 4) is 11.5 Å². The number of ether oxygens (including phenoxy) is 2. The van der Waals surface area contributed by atoms with Crippen LogP contribution >= 0.6 is 0 Å². The standard InChI is InChI=1S/C27H41N7O4/c1-28-24(35)7-5-8-25(36)33-13-9-19(10-14-33)29-26-20-17-22(37-3)23(38-4)18-21(20)30-27(31-26)34-12-6-11-32(2)15-16-34/h17-19H,5-16H2,1-4H3,(H,28,35)(H,29,30,31). The maximum absolute atomic E-state index is 12.6. The van der Waals surface area contributed by atoms with Gasteiger partial charge in [0, 0.05) is 70.1 Å². The smallest absolute Gasteiger partial charge is 0.227 e. The highest BCUT2D eigenvalue weighted by Gasteiger charge is 2.25. The SMILES string of the molecule is CNC(=O)CCCC(=O)N1CCC(Nc2nc(N3CCCN(C)CC3)nc3cc(OC)c(OC)cc23)CC1. The Morgan fingerprint density at radius 2 is 1.71 bits per heavy atom. The van der Waals surface area contributed by atoms with E-state index >= 15 is 0 Å². The lowest BCUT2D eigenvalue weighted by molar-refractivity contribution is -0.132. The third kappa shape index (κ3) is 6.75. The fourth-order valence-electron chi connectivity index (χ4n) is 5.09. The van der Waals surface area contributed by atoms with Crippen LogP contribution in [0.15, 0.2) is 12.1 Å². The van der Waals surface area contributed by atoms with Gasteiger partial charge in [-0.15, -0.1) is 0 Å². The summed E-state index contributed by atoms with van der Waals surface area (Å²) in [4.78, 5) is 40.5. The summed E-state index contributed by atoms with van der Waals surface area (Å²) in [6.45, 7) is 5.16. The maximum atomic E-state index is 12.6. The molecule has 2 aromatic rings. The van der Waals surface area contributed by atoms with Gasteiger partial charge in [0.05, 0.1) is 19.7 Å². The van der Waals surface area contributed by atoms with Crippen LogP contribution in [0.2, 0.25) is 0 Å². The number of carbonyl (C=O) groups excluding carboxylic acids is 2. The first-order chi connectivity index (χ1) is 18.4. The Balaban J connectivity index is 1.50. The third-order valence-corrected chi connectivity index (χ3v) is 7.45. The van der Waals surface area contributed by atoms with Crippen molar-refractivity contribution in [3.05, 3.63) is 12.1 Å². The summed E-state index contributed by atoms with van der Waals surface area (Å²) in [5, 5.41) is 7.15. The second kappa shape index (κ2) is 12.9. The third-order valence-electron chi connectivity index (χ3n) is 7.45. The second-order valence-corrected chi connectivity index (χ2v) is 10.1. The zero-order chi connectivity index (χ0) is 27.1. The van der Waals surface area contributed by atoms with Crippen LogP contribution in [-0.4, -0.2) is 105 Å². The molecule has 2 fully saturated rings. The van der Waals surface area contributed by atoms with Crippen molar-refractivity contribution in [2.24, 2.45) is 0 Å². The zero-order valence-electron chi connectivity index (χ0n) is 23.1. The van der Waals surface area contributed by atoms with E-state index in [9.17, 15) is 9.59 Å². The van der Waals surface area contributed by atoms with Gasteiger partial charge in [-0.1, -0.05) is 0 Å². The number of piperidine rings is 1. The summed E-state index contributed by atoms with van der Waals surface area (Å²) in [5.74, 6) is 2.84. The fourth-order valence-corrected chi connectivity index (χ4v) is 5.09. The van der Waals surface area contributed by atoms with Gasteiger partial charge < -0.3 is 34.8 Å². The van der Waals surface area contributed by atoms with Gasteiger partial charge in [0.25, 0.3) is 0 Å². The van der Waals surface area contributed by atoms with Gasteiger partial charge in [-0.3, -0.25) is 9.59 Å². The molecular weight excluding hydrogens is 486 g/mol. The quantitative estimate of drug-likeness (QED) is 0.506. The largest absolute Gasteiger partial charge is 0.493 e. The molecular formula is C27H41N7O4. The molecule has 208 valence electrons. The van der Waals surface area contributed by atoms with E-state index in [1.165, 1.54) is 0 Å². The van der Waals surface area contributed by atoms with E-state index in [0.29, 0.717) is 49.8 Å². The number of fused-ring (bicyclic) bond motifs is 1. The Bertz CT molecular complexity index is 1120. The van der Waals surface area contributed by atoms with Gasteiger partial charge in [0.15, 0.2) is 11.5 Å². The zero-order valence-corrected chi connectivity index (χ0v) is 23.1. The highest BCUT2D eigenvalue weighted by Crippen LogP contribution is 2.35. The van der Waals surface area contributed by atoms with Gasteiger partial charge in [-0.25, -0.2) is 4.98 Å². The van der Waals surface area contributed by atoms with Gasteiger partial charge in [0.1, 0.15) is 5.82 Å². The molecule has 1 aromatic heterocycles. The lowest BCUT2D eigenvalue weighted by atomic mass is 10.0. The van der Waals surface area contributed by atoms with E-state index in [1.54, 1.807) is 21.3 Å². The molecule has 0 saturated carbocycles. The number of methoxy groups -OCH3 is 2. The minimum atomic E-state index is -0.0291. The van der Waals surface area contributed by atoms with Crippen LogP contribution in [-0.2, 0) is 9.59 Å². The molecule has 2 aliphatic heterocycles. The first-order valence-electron chi connectivity index (χ1n) is 13.5. The Labute approximate surface area is 224 Å². The van der Waals surface area contributed by atoms with Gasteiger partial charge in [0.2, 0.25) is 17.8 Å². The topological polar surface area (TPSA) is 112 Å². The number of hydrogen-bond donors (Lipinski definition) is 2. The number of carbonyl (C=O) groups is 2. The highest BCUT2D eigenvalue weighted by atomic mass is 16.5. The van der Waals surface area contributed by atoms with Crippen LogP contribution < -0.4 is 25.0 Å². The lowest BCUT2D eigenvalue weighted by Crippen LogP contribution is -2.42. The number of nitrogens with one attached hydrogen (secondary N) is 2. The lowest BCUT2D eigenvalue weighted by Gasteiger charge is -2.33. The van der Waals surface area contributed by atoms with Gasteiger partial charge >= 0.3 is 0 Å². The van der Waals surface area contributed by atoms with Crippen molar-refractivity contribution in [3.63, 3.8) is 0 Å². The van der Waals surface area contributed by atoms with Crippen LogP contribution in [0.5, 0.6) is 11.5 Å². The normalized spacial score (nSPS) is 17.3. The molecule has 0 atom stereocenters. The molecule has 2 aliphatic rings. The number of likely N-dealkylation sites (N-methyl/N-ethyl adjacent to an activating group) is 1. The van der Waals surface area contributed by atoms with Crippen molar-refractivity contribution in [2.75, 3.05) is 77.8 Å². The fraction of sp³-hybridized carbons (Fsp3) is 0.630. The number of nitrogens with zero attached hydrogens (tertiary/aromatic N) is 5. The summed E-state index contributed by atoms with van der Waals surface area (Å²) in [7, 11) is 7.02. The molecule has 11 heteroatoms. The summed E-state index contributed by atoms with van der Waals surface area (Å²) >= 11 is 0. The first kappa shape index (κ1) is 27.7. The Hall–Kier alpha value is -3.34. The number of hydrogen-bond acceptors (Lipinski definition) is 9. The molecule has 2 N–H and O–H groups in total. The molecule has 38 heavy (non-hydrogen) atoms. The summed E-state index contributed by atoms with van der Waals surface area (Å²) in [5.41, 5.74) is 0.802. The van der Waals surface area contributed by atoms with E-state index in [0.717, 1.165) is 62.2 Å². The minimum Gasteiger partial charge on any atom is -0.493 e. The highest BCUT2D eigenvalue weighted by molar-refractivity contribution is 5.93. The Morgan fingerprint density at radius 1 is 0.974 bits per heavy atom. The minimum absolute atomic E-state index is 0.0291. The molecule has 0 unspecified atom stereocenters. The molecule has 0 aliphatic carbocycles.